The molecule has 0 rings (SSSR count). The number of hydrogen-bond donors (Lipinski definition) is 2. The van der Waals surface area contributed by atoms with Gasteiger partial charge in [0.25, 0.3) is 0 Å². The van der Waals surface area contributed by atoms with Crippen LogP contribution in [0.5, 0.6) is 0 Å². The van der Waals surface area contributed by atoms with E-state index >= 15 is 0 Å². The molecule has 0 aliphatic rings. The third kappa shape index (κ3) is 90.6. The van der Waals surface area contributed by atoms with Crippen molar-refractivity contribution in [2.24, 2.45) is 0 Å². The van der Waals surface area contributed by atoms with E-state index in [0.29, 0.717) is 0 Å². The van der Waals surface area contributed by atoms with Crippen molar-refractivity contribution >= 4 is 63.0 Å². The first-order valence-electron chi connectivity index (χ1n) is 0.698. The van der Waals surface area contributed by atoms with Gasteiger partial charge in [-0.15, -0.1) is 0 Å². The molecule has 7 heavy (non-hydrogen) atoms. The first-order chi connectivity index (χ1) is 2.00. The second-order valence-corrected chi connectivity index (χ2v) is 1.34. The zero-order valence-corrected chi connectivity index (χ0v) is 2.94. The summed E-state index contributed by atoms with van der Waals surface area (Å²) in [6.45, 7) is 0. The normalized spacial score (nSPS) is 8.29. The SMILES string of the molecule is O=S(=O)(O)O.[MgH2].[NaH]. The maximum absolute atomic E-state index is 8.74. The first-order valence-corrected chi connectivity index (χ1v) is 2.10. The van der Waals surface area contributed by atoms with E-state index < -0.39 is 10.4 Å². The summed E-state index contributed by atoms with van der Waals surface area (Å²) in [6.07, 6.45) is 0. The van der Waals surface area contributed by atoms with Crippen LogP contribution in [0.3, 0.4) is 0 Å². The fourth-order valence-electron chi connectivity index (χ4n) is 0. The molecule has 0 unspecified atom stereocenters. The van der Waals surface area contributed by atoms with Gasteiger partial charge in [-0.05, 0) is 0 Å². The van der Waals surface area contributed by atoms with Crippen molar-refractivity contribution in [3.8, 4) is 0 Å². The summed E-state index contributed by atoms with van der Waals surface area (Å²) in [5.74, 6) is 0. The van der Waals surface area contributed by atoms with Gasteiger partial charge >= 0.3 is 63.0 Å². The summed E-state index contributed by atoms with van der Waals surface area (Å²) in [5.41, 5.74) is 0. The van der Waals surface area contributed by atoms with Crippen LogP contribution >= 0.6 is 0 Å². The Morgan fingerprint density at radius 2 is 1.14 bits per heavy atom. The van der Waals surface area contributed by atoms with Crippen molar-refractivity contribution in [1.29, 1.82) is 0 Å². The molecule has 0 aromatic rings. The van der Waals surface area contributed by atoms with Crippen LogP contribution in [0.25, 0.3) is 0 Å². The van der Waals surface area contributed by atoms with Gasteiger partial charge in [-0.2, -0.15) is 8.42 Å². The minimum atomic E-state index is -4.67. The Morgan fingerprint density at radius 3 is 1.14 bits per heavy atom. The molecule has 0 aromatic heterocycles. The van der Waals surface area contributed by atoms with E-state index in [4.69, 9.17) is 17.5 Å². The molecule has 0 saturated carbocycles. The topological polar surface area (TPSA) is 74.6 Å². The third-order valence-corrected chi connectivity index (χ3v) is 0. The summed E-state index contributed by atoms with van der Waals surface area (Å²) in [4.78, 5) is 0. The van der Waals surface area contributed by atoms with Crippen LogP contribution in [0.15, 0.2) is 0 Å². The molecule has 0 heterocycles. The third-order valence-electron chi connectivity index (χ3n) is 0. The molecule has 0 amide bonds. The van der Waals surface area contributed by atoms with Gasteiger partial charge in [-0.25, -0.2) is 0 Å². The van der Waals surface area contributed by atoms with Gasteiger partial charge in [0.05, 0.1) is 0 Å². The van der Waals surface area contributed by atoms with Crippen LogP contribution < -0.4 is 0 Å². The fourth-order valence-corrected chi connectivity index (χ4v) is 0. The van der Waals surface area contributed by atoms with Crippen molar-refractivity contribution in [3.63, 3.8) is 0 Å². The molecule has 0 aliphatic heterocycles. The average molecular weight is 148 g/mol. The van der Waals surface area contributed by atoms with Gasteiger partial charge in [0.15, 0.2) is 0 Å². The van der Waals surface area contributed by atoms with E-state index in [0.717, 1.165) is 0 Å². The quantitative estimate of drug-likeness (QED) is 0.302. The zero-order valence-electron chi connectivity index (χ0n) is 2.12. The van der Waals surface area contributed by atoms with Gasteiger partial charge in [-0.1, -0.05) is 0 Å². The summed E-state index contributed by atoms with van der Waals surface area (Å²) in [6, 6.07) is 0. The molecule has 4 nitrogen and oxygen atoms in total. The summed E-state index contributed by atoms with van der Waals surface area (Å²) in [7, 11) is -4.67. The second kappa shape index (κ2) is 5.77. The van der Waals surface area contributed by atoms with Crippen LogP contribution in [0, 0.1) is 0 Å². The molecule has 38 valence electrons. The standard InChI is InChI=1S/Mg.Na.H2O4S.3H/c;;1-5(2,3)4;;;/h;;(H2,1,2,3,4);;;. The predicted octanol–water partition coefficient (Wildman–Crippen LogP) is -2.22. The molecular formula is H5MgNaO4S. The molecule has 0 atom stereocenters. The molecule has 0 bridgehead atoms. The van der Waals surface area contributed by atoms with Crippen molar-refractivity contribution in [1.82, 2.24) is 0 Å². The molecule has 0 spiro atoms. The monoisotopic (exact) mass is 148 g/mol. The van der Waals surface area contributed by atoms with Crippen LogP contribution in [0.4, 0.5) is 0 Å². The average Bonchev–Trinajstić information content (AvgIpc) is 0.722. The Kier molecular flexibility index (Phi) is 13.1. The second-order valence-electron chi connectivity index (χ2n) is 0.448. The van der Waals surface area contributed by atoms with Crippen molar-refractivity contribution < 1.29 is 17.5 Å². The predicted molar refractivity (Wildman–Crippen MR) is 29.9 cm³/mol. The van der Waals surface area contributed by atoms with E-state index in [1.807, 2.05) is 0 Å². The summed E-state index contributed by atoms with van der Waals surface area (Å²) >= 11 is 0. The Labute approximate surface area is 79.7 Å². The van der Waals surface area contributed by atoms with Crippen LogP contribution in [-0.2, 0) is 10.4 Å². The van der Waals surface area contributed by atoms with E-state index in [1.54, 1.807) is 0 Å². The van der Waals surface area contributed by atoms with Crippen molar-refractivity contribution in [3.05, 3.63) is 0 Å². The Morgan fingerprint density at radius 1 is 1.14 bits per heavy atom. The molecule has 2 N–H and O–H groups in total. The van der Waals surface area contributed by atoms with E-state index in [-0.39, 0.29) is 52.6 Å². The summed E-state index contributed by atoms with van der Waals surface area (Å²) in [5, 5.41) is 0. The Hall–Kier alpha value is 1.64. The summed E-state index contributed by atoms with van der Waals surface area (Å²) < 4.78 is 31.6. The Bertz CT molecular complexity index is 94.9. The molecule has 0 aliphatic carbocycles. The van der Waals surface area contributed by atoms with Crippen LogP contribution in [-0.4, -0.2) is 70.1 Å². The van der Waals surface area contributed by atoms with Crippen molar-refractivity contribution in [2.75, 3.05) is 0 Å². The van der Waals surface area contributed by atoms with Crippen LogP contribution in [0.2, 0.25) is 0 Å². The first kappa shape index (κ1) is 15.9. The van der Waals surface area contributed by atoms with Gasteiger partial charge in [0, 0.05) is 0 Å². The molecule has 0 fully saturated rings. The van der Waals surface area contributed by atoms with Gasteiger partial charge in [0.2, 0.25) is 0 Å². The maximum atomic E-state index is 8.74. The van der Waals surface area contributed by atoms with Gasteiger partial charge < -0.3 is 0 Å². The van der Waals surface area contributed by atoms with Gasteiger partial charge in [0.1, 0.15) is 0 Å². The van der Waals surface area contributed by atoms with E-state index in [9.17, 15) is 0 Å². The Balaban J connectivity index is -0.0000000800. The minimum absolute atomic E-state index is 0. The molecule has 7 heteroatoms. The van der Waals surface area contributed by atoms with Gasteiger partial charge in [-0.3, -0.25) is 9.11 Å². The molecule has 0 radical (unpaired) electrons. The number of rotatable bonds is 0. The molecular weight excluding hydrogens is 143 g/mol. The molecule has 0 aromatic carbocycles. The van der Waals surface area contributed by atoms with E-state index in [1.165, 1.54) is 0 Å². The zero-order chi connectivity index (χ0) is 4.50. The van der Waals surface area contributed by atoms with Crippen LogP contribution in [0.1, 0.15) is 0 Å². The van der Waals surface area contributed by atoms with Crippen molar-refractivity contribution in [2.45, 2.75) is 0 Å². The number of hydrogen-bond acceptors (Lipinski definition) is 2. The van der Waals surface area contributed by atoms with E-state index in [2.05, 4.69) is 0 Å². The fraction of sp³-hybridized carbons (Fsp3) is 0. The molecule has 0 saturated heterocycles.